The first-order chi connectivity index (χ1) is 12.6. The molecule has 2 aliphatic rings. The van der Waals surface area contributed by atoms with Gasteiger partial charge in [0.1, 0.15) is 0 Å². The number of nitrogens with zero attached hydrogens (tertiary/aromatic N) is 1. The first-order valence-electron chi connectivity index (χ1n) is 8.90. The average Bonchev–Trinajstić information content (AvgIpc) is 2.86. The molecule has 2 bridgehead atoms. The molecule has 0 aromatic heterocycles. The molecule has 3 rings (SSSR count). The normalized spacial score (nSPS) is 26.1. The van der Waals surface area contributed by atoms with Crippen molar-refractivity contribution in [3.8, 4) is 0 Å². The van der Waals surface area contributed by atoms with Gasteiger partial charge in [0.05, 0.1) is 17.7 Å². The van der Waals surface area contributed by atoms with Gasteiger partial charge in [0.15, 0.2) is 0 Å². The predicted molar refractivity (Wildman–Crippen MR) is 101 cm³/mol. The van der Waals surface area contributed by atoms with Gasteiger partial charge in [-0.25, -0.2) is 21.6 Å². The van der Waals surface area contributed by atoms with Gasteiger partial charge in [0.25, 0.3) is 0 Å². The van der Waals surface area contributed by atoms with Crippen LogP contribution in [0.2, 0.25) is 0 Å². The van der Waals surface area contributed by atoms with Gasteiger partial charge in [0, 0.05) is 18.1 Å². The van der Waals surface area contributed by atoms with Crippen LogP contribution in [0, 0.1) is 6.92 Å². The summed E-state index contributed by atoms with van der Waals surface area (Å²) in [7, 11) is -7.00. The minimum absolute atomic E-state index is 0.0898. The van der Waals surface area contributed by atoms with E-state index in [4.69, 9.17) is 0 Å². The molecular weight excluding hydrogens is 390 g/mol. The third kappa shape index (κ3) is 4.68. The molecule has 2 unspecified atom stereocenters. The van der Waals surface area contributed by atoms with Crippen LogP contribution in [-0.4, -0.2) is 58.0 Å². The number of rotatable bonds is 6. The van der Waals surface area contributed by atoms with Gasteiger partial charge in [-0.2, -0.15) is 4.31 Å². The highest BCUT2D eigenvalue weighted by molar-refractivity contribution is 7.89. The molecule has 150 valence electrons. The van der Waals surface area contributed by atoms with E-state index in [0.29, 0.717) is 12.8 Å². The number of carbonyl (C=O) groups excluding carboxylic acids is 1. The number of piperidine rings is 1. The van der Waals surface area contributed by atoms with Crippen LogP contribution in [0.1, 0.15) is 31.2 Å². The molecule has 0 spiro atoms. The van der Waals surface area contributed by atoms with Gasteiger partial charge in [-0.1, -0.05) is 12.1 Å². The van der Waals surface area contributed by atoms with Crippen LogP contribution in [0.4, 0.5) is 0 Å². The third-order valence-corrected chi connectivity index (χ3v) is 7.90. The number of sulfonamides is 2. The number of fused-ring (bicyclic) bond motifs is 2. The molecule has 2 heterocycles. The number of amides is 1. The van der Waals surface area contributed by atoms with Gasteiger partial charge in [-0.3, -0.25) is 4.79 Å². The van der Waals surface area contributed by atoms with Crippen LogP contribution in [0.15, 0.2) is 29.2 Å². The molecule has 0 aliphatic carbocycles. The highest BCUT2D eigenvalue weighted by Gasteiger charge is 2.45. The molecule has 27 heavy (non-hydrogen) atoms. The Bertz CT molecular complexity index is 916. The maximum absolute atomic E-state index is 12.3. The van der Waals surface area contributed by atoms with Crippen molar-refractivity contribution in [3.05, 3.63) is 29.8 Å². The molecule has 1 aromatic carbocycles. The number of hydrogen-bond acceptors (Lipinski definition) is 5. The molecular formula is C17H25N3O5S2. The topological polar surface area (TPSA) is 113 Å². The lowest BCUT2D eigenvalue weighted by molar-refractivity contribution is -0.121. The molecule has 2 N–H and O–H groups in total. The van der Waals surface area contributed by atoms with Gasteiger partial charge in [-0.15, -0.1) is 0 Å². The Balaban J connectivity index is 1.55. The van der Waals surface area contributed by atoms with Crippen molar-refractivity contribution in [2.24, 2.45) is 0 Å². The van der Waals surface area contributed by atoms with Crippen LogP contribution in [0.5, 0.6) is 0 Å². The number of hydrogen-bond donors (Lipinski definition) is 2. The second kappa shape index (κ2) is 7.50. The molecule has 2 saturated heterocycles. The molecule has 0 radical (unpaired) electrons. The standard InChI is InChI=1S/C17H25N3O5S2/c1-12-4-3-5-16(8-12)27(24,25)18-11-17(21)19-13-9-14-6-7-15(10-13)20(14)26(2,22)23/h3-5,8,13-15,18H,6-7,9-11H2,1-2H3,(H,19,21). The second-order valence-electron chi connectivity index (χ2n) is 7.35. The van der Waals surface area contributed by atoms with E-state index in [9.17, 15) is 21.6 Å². The maximum atomic E-state index is 12.3. The number of nitrogens with one attached hydrogen (secondary N) is 2. The summed E-state index contributed by atoms with van der Waals surface area (Å²) < 4.78 is 52.3. The fourth-order valence-corrected chi connectivity index (χ4v) is 6.65. The van der Waals surface area contributed by atoms with E-state index < -0.39 is 26.0 Å². The number of carbonyl (C=O) groups is 1. The Labute approximate surface area is 160 Å². The quantitative estimate of drug-likeness (QED) is 0.696. The highest BCUT2D eigenvalue weighted by Crippen LogP contribution is 2.37. The molecule has 0 saturated carbocycles. The van der Waals surface area contributed by atoms with E-state index in [1.807, 2.05) is 0 Å². The zero-order chi connectivity index (χ0) is 19.8. The van der Waals surface area contributed by atoms with Crippen molar-refractivity contribution in [2.45, 2.75) is 55.6 Å². The fraction of sp³-hybridized carbons (Fsp3) is 0.588. The largest absolute Gasteiger partial charge is 0.352 e. The summed E-state index contributed by atoms with van der Waals surface area (Å²) in [6.07, 6.45) is 3.92. The lowest BCUT2D eigenvalue weighted by Gasteiger charge is -2.37. The monoisotopic (exact) mass is 415 g/mol. The fourth-order valence-electron chi connectivity index (χ4n) is 4.10. The summed E-state index contributed by atoms with van der Waals surface area (Å²) in [5.74, 6) is -0.413. The highest BCUT2D eigenvalue weighted by atomic mass is 32.2. The minimum atomic E-state index is -3.75. The smallest absolute Gasteiger partial charge is 0.241 e. The zero-order valence-electron chi connectivity index (χ0n) is 15.4. The van der Waals surface area contributed by atoms with E-state index >= 15 is 0 Å². The maximum Gasteiger partial charge on any atom is 0.241 e. The van der Waals surface area contributed by atoms with E-state index in [0.717, 1.165) is 18.4 Å². The Kier molecular flexibility index (Phi) is 5.62. The van der Waals surface area contributed by atoms with E-state index in [2.05, 4.69) is 10.0 Å². The van der Waals surface area contributed by atoms with Crippen molar-refractivity contribution in [1.82, 2.24) is 14.3 Å². The van der Waals surface area contributed by atoms with Crippen molar-refractivity contribution in [1.29, 1.82) is 0 Å². The van der Waals surface area contributed by atoms with Crippen LogP contribution in [-0.2, 0) is 24.8 Å². The second-order valence-corrected chi connectivity index (χ2v) is 11.0. The summed E-state index contributed by atoms with van der Waals surface area (Å²) >= 11 is 0. The van der Waals surface area contributed by atoms with Gasteiger partial charge < -0.3 is 5.32 Å². The molecule has 2 fully saturated rings. The third-order valence-electron chi connectivity index (χ3n) is 5.14. The molecule has 1 amide bonds. The summed E-state index contributed by atoms with van der Waals surface area (Å²) in [6.45, 7) is 1.45. The Morgan fingerprint density at radius 2 is 1.78 bits per heavy atom. The first-order valence-corrected chi connectivity index (χ1v) is 12.2. The van der Waals surface area contributed by atoms with E-state index in [-0.39, 0.29) is 29.6 Å². The molecule has 2 atom stereocenters. The number of aryl methyl sites for hydroxylation is 1. The predicted octanol–water partition coefficient (Wildman–Crippen LogP) is 0.345. The van der Waals surface area contributed by atoms with Crippen molar-refractivity contribution in [2.75, 3.05) is 12.8 Å². The van der Waals surface area contributed by atoms with E-state index in [1.54, 1.807) is 29.4 Å². The number of benzene rings is 1. The first kappa shape index (κ1) is 20.2. The summed E-state index contributed by atoms with van der Waals surface area (Å²) in [5.41, 5.74) is 0.815. The Morgan fingerprint density at radius 3 is 2.33 bits per heavy atom. The summed E-state index contributed by atoms with van der Waals surface area (Å²) in [4.78, 5) is 12.3. The van der Waals surface area contributed by atoms with Gasteiger partial charge in [-0.05, 0) is 50.3 Å². The van der Waals surface area contributed by atoms with Gasteiger partial charge >= 0.3 is 0 Å². The summed E-state index contributed by atoms with van der Waals surface area (Å²) in [6, 6.07) is 6.14. The summed E-state index contributed by atoms with van der Waals surface area (Å²) in [5, 5.41) is 2.84. The Hall–Kier alpha value is -1.49. The Morgan fingerprint density at radius 1 is 1.15 bits per heavy atom. The van der Waals surface area contributed by atoms with Crippen molar-refractivity contribution < 1.29 is 21.6 Å². The minimum Gasteiger partial charge on any atom is -0.352 e. The lowest BCUT2D eigenvalue weighted by atomic mass is 10.00. The molecule has 8 nitrogen and oxygen atoms in total. The lowest BCUT2D eigenvalue weighted by Crippen LogP contribution is -2.53. The van der Waals surface area contributed by atoms with Crippen LogP contribution in [0.25, 0.3) is 0 Å². The van der Waals surface area contributed by atoms with Crippen LogP contribution < -0.4 is 10.0 Å². The molecule has 1 aromatic rings. The van der Waals surface area contributed by atoms with Crippen LogP contribution >= 0.6 is 0 Å². The molecule has 10 heteroatoms. The van der Waals surface area contributed by atoms with E-state index in [1.165, 1.54) is 12.3 Å². The SMILES string of the molecule is Cc1cccc(S(=O)(=O)NCC(=O)NC2CC3CCC(C2)N3S(C)(=O)=O)c1. The van der Waals surface area contributed by atoms with Crippen LogP contribution in [0.3, 0.4) is 0 Å². The van der Waals surface area contributed by atoms with Gasteiger partial charge in [0.2, 0.25) is 26.0 Å². The average molecular weight is 416 g/mol. The zero-order valence-corrected chi connectivity index (χ0v) is 17.0. The van der Waals surface area contributed by atoms with Crippen molar-refractivity contribution >= 4 is 26.0 Å². The molecule has 2 aliphatic heterocycles. The van der Waals surface area contributed by atoms with Crippen molar-refractivity contribution in [3.63, 3.8) is 0 Å².